The summed E-state index contributed by atoms with van der Waals surface area (Å²) in [6.45, 7) is 0. The number of aromatic nitrogens is 1. The van der Waals surface area contributed by atoms with Gasteiger partial charge in [0.1, 0.15) is 0 Å². The summed E-state index contributed by atoms with van der Waals surface area (Å²) in [5, 5.41) is 0.791. The molecule has 0 N–H and O–H groups in total. The number of ether oxygens (including phenoxy) is 1. The number of esters is 1. The molecule has 3 heteroatoms. The summed E-state index contributed by atoms with van der Waals surface area (Å²) in [5.41, 5.74) is 2.85. The first kappa shape index (κ1) is 12.4. The largest absolute Gasteiger partial charge is 0.465 e. The molecule has 0 aliphatic heterocycles. The normalized spacial score (nSPS) is 10.4. The molecule has 0 spiro atoms. The Morgan fingerprint density at radius 2 is 1.95 bits per heavy atom. The zero-order valence-corrected chi connectivity index (χ0v) is 11.0. The lowest BCUT2D eigenvalue weighted by Crippen LogP contribution is -2.03. The minimum absolute atomic E-state index is 0.360. The van der Waals surface area contributed by atoms with Crippen molar-refractivity contribution in [2.24, 2.45) is 0 Å². The first-order chi connectivity index (χ1) is 9.79. The highest BCUT2D eigenvalue weighted by Gasteiger charge is 2.11. The van der Waals surface area contributed by atoms with Gasteiger partial charge in [-0.3, -0.25) is 4.98 Å². The van der Waals surface area contributed by atoms with E-state index in [1.807, 2.05) is 48.5 Å². The van der Waals surface area contributed by atoms with Gasteiger partial charge in [-0.1, -0.05) is 24.3 Å². The van der Waals surface area contributed by atoms with Gasteiger partial charge in [-0.25, -0.2) is 4.79 Å². The van der Waals surface area contributed by atoms with Gasteiger partial charge in [0.2, 0.25) is 0 Å². The fraction of sp³-hybridized carbons (Fsp3) is 0.0588. The van der Waals surface area contributed by atoms with Crippen LogP contribution in [0.4, 0.5) is 0 Å². The van der Waals surface area contributed by atoms with Crippen LogP contribution in [-0.2, 0) is 4.74 Å². The van der Waals surface area contributed by atoms with E-state index in [4.69, 9.17) is 4.74 Å². The predicted molar refractivity (Wildman–Crippen MR) is 77.4 cm³/mol. The van der Waals surface area contributed by atoms with Crippen molar-refractivity contribution in [3.63, 3.8) is 0 Å². The van der Waals surface area contributed by atoms with Crippen molar-refractivity contribution < 1.29 is 9.53 Å². The molecule has 0 fully saturated rings. The lowest BCUT2D eigenvalue weighted by Gasteiger charge is -2.12. The molecular formula is C17H12NO2-. The number of carbonyl (C=O) groups is 1. The zero-order chi connectivity index (χ0) is 13.9. The Kier molecular flexibility index (Phi) is 3.17. The summed E-state index contributed by atoms with van der Waals surface area (Å²) in [6, 6.07) is 19.9. The molecular weight excluding hydrogens is 250 g/mol. The molecule has 3 nitrogen and oxygen atoms in total. The number of pyridine rings is 1. The van der Waals surface area contributed by atoms with E-state index in [0.717, 1.165) is 16.5 Å². The summed E-state index contributed by atoms with van der Waals surface area (Å²) in [7, 11) is 1.38. The van der Waals surface area contributed by atoms with Crippen LogP contribution in [0.25, 0.3) is 22.2 Å². The Hall–Kier alpha value is -2.68. The van der Waals surface area contributed by atoms with Gasteiger partial charge in [-0.15, -0.1) is 35.9 Å². The Labute approximate surface area is 116 Å². The molecule has 0 bridgehead atoms. The van der Waals surface area contributed by atoms with E-state index in [0.29, 0.717) is 11.3 Å². The molecule has 1 aromatic heterocycles. The van der Waals surface area contributed by atoms with Gasteiger partial charge >= 0.3 is 5.97 Å². The van der Waals surface area contributed by atoms with Gasteiger partial charge in [-0.2, -0.15) is 0 Å². The van der Waals surface area contributed by atoms with Gasteiger partial charge in [0.05, 0.1) is 18.2 Å². The van der Waals surface area contributed by atoms with Gasteiger partial charge in [0.15, 0.2) is 0 Å². The Balaban J connectivity index is 2.28. The summed E-state index contributed by atoms with van der Waals surface area (Å²) in [4.78, 5) is 16.5. The molecule has 0 saturated carbocycles. The molecule has 0 atom stereocenters. The van der Waals surface area contributed by atoms with Crippen LogP contribution in [0.1, 0.15) is 10.4 Å². The van der Waals surface area contributed by atoms with Crippen LogP contribution >= 0.6 is 0 Å². The monoisotopic (exact) mass is 262 g/mol. The van der Waals surface area contributed by atoms with E-state index >= 15 is 0 Å². The van der Waals surface area contributed by atoms with Crippen LogP contribution in [0.15, 0.2) is 54.6 Å². The average Bonchev–Trinajstić information content (AvgIpc) is 2.54. The summed E-state index contributed by atoms with van der Waals surface area (Å²) in [6.07, 6.45) is 0. The van der Waals surface area contributed by atoms with Crippen molar-refractivity contribution in [1.82, 2.24) is 4.98 Å². The first-order valence-corrected chi connectivity index (χ1v) is 6.25. The number of carbonyl (C=O) groups excluding carboxylic acids is 1. The third-order valence-electron chi connectivity index (χ3n) is 3.11. The molecule has 3 rings (SSSR count). The molecule has 0 amide bonds. The highest BCUT2D eigenvalue weighted by atomic mass is 16.5. The molecule has 20 heavy (non-hydrogen) atoms. The smallest absolute Gasteiger partial charge is 0.337 e. The number of rotatable bonds is 2. The molecule has 0 aliphatic rings. The highest BCUT2D eigenvalue weighted by Crippen LogP contribution is 2.24. The third-order valence-corrected chi connectivity index (χ3v) is 3.11. The van der Waals surface area contributed by atoms with Crippen molar-refractivity contribution in [2.75, 3.05) is 7.11 Å². The zero-order valence-electron chi connectivity index (χ0n) is 11.0. The third kappa shape index (κ3) is 2.14. The summed E-state index contributed by atoms with van der Waals surface area (Å²) in [5.74, 6) is -0.360. The van der Waals surface area contributed by atoms with Gasteiger partial charge in [-0.05, 0) is 11.8 Å². The van der Waals surface area contributed by atoms with Gasteiger partial charge < -0.3 is 4.74 Å². The van der Waals surface area contributed by atoms with E-state index in [1.54, 1.807) is 6.07 Å². The molecule has 2 aromatic carbocycles. The number of nitrogens with zero attached hydrogens (tertiary/aromatic N) is 1. The maximum atomic E-state index is 12.0. The second kappa shape index (κ2) is 5.13. The number of methoxy groups -OCH3 is 1. The van der Waals surface area contributed by atoms with Crippen molar-refractivity contribution in [1.29, 1.82) is 0 Å². The molecule has 0 radical (unpaired) electrons. The van der Waals surface area contributed by atoms with E-state index in [2.05, 4.69) is 11.1 Å². The van der Waals surface area contributed by atoms with Crippen molar-refractivity contribution in [2.45, 2.75) is 0 Å². The summed E-state index contributed by atoms with van der Waals surface area (Å²) >= 11 is 0. The Morgan fingerprint density at radius 1 is 1.15 bits per heavy atom. The van der Waals surface area contributed by atoms with E-state index in [9.17, 15) is 4.79 Å². The van der Waals surface area contributed by atoms with Crippen LogP contribution in [0.3, 0.4) is 0 Å². The fourth-order valence-electron chi connectivity index (χ4n) is 2.14. The Morgan fingerprint density at radius 3 is 2.70 bits per heavy atom. The minimum Gasteiger partial charge on any atom is -0.465 e. The molecule has 3 aromatic rings. The van der Waals surface area contributed by atoms with E-state index in [-0.39, 0.29) is 5.97 Å². The number of benzene rings is 2. The van der Waals surface area contributed by atoms with E-state index < -0.39 is 0 Å². The topological polar surface area (TPSA) is 39.2 Å². The van der Waals surface area contributed by atoms with E-state index in [1.165, 1.54) is 7.11 Å². The second-order valence-corrected chi connectivity index (χ2v) is 4.34. The quantitative estimate of drug-likeness (QED) is 0.524. The predicted octanol–water partition coefficient (Wildman–Crippen LogP) is 3.49. The lowest BCUT2D eigenvalue weighted by molar-refractivity contribution is 0.0603. The van der Waals surface area contributed by atoms with Gasteiger partial charge in [0, 0.05) is 5.39 Å². The van der Waals surface area contributed by atoms with Crippen LogP contribution in [-0.4, -0.2) is 18.1 Å². The second-order valence-electron chi connectivity index (χ2n) is 4.34. The molecule has 98 valence electrons. The van der Waals surface area contributed by atoms with Crippen molar-refractivity contribution in [3.8, 4) is 11.3 Å². The molecule has 0 aliphatic carbocycles. The molecule has 0 saturated heterocycles. The van der Waals surface area contributed by atoms with Crippen LogP contribution in [0, 0.1) is 6.07 Å². The standard InChI is InChI=1S/C17H12NO2/c1-20-17(19)14-11-16(12-7-3-2-4-8-12)18-15-10-6-5-9-13(14)15/h2-7,9-11H,1H3/q-1. The average molecular weight is 262 g/mol. The number of fused-ring (bicyclic) bond motifs is 1. The SMILES string of the molecule is COC(=O)c1cc(-c2[c-]cccc2)nc2ccccc12. The minimum atomic E-state index is -0.360. The number of hydrogen-bond acceptors (Lipinski definition) is 3. The maximum absolute atomic E-state index is 12.0. The number of hydrogen-bond donors (Lipinski definition) is 0. The molecule has 0 unspecified atom stereocenters. The Bertz CT molecular complexity index is 766. The van der Waals surface area contributed by atoms with Gasteiger partial charge in [0.25, 0.3) is 0 Å². The van der Waals surface area contributed by atoms with Crippen LogP contribution < -0.4 is 0 Å². The molecule has 1 heterocycles. The van der Waals surface area contributed by atoms with Crippen LogP contribution in [0.2, 0.25) is 0 Å². The first-order valence-electron chi connectivity index (χ1n) is 6.25. The lowest BCUT2D eigenvalue weighted by atomic mass is 10.0. The highest BCUT2D eigenvalue weighted by molar-refractivity contribution is 6.04. The maximum Gasteiger partial charge on any atom is 0.337 e. The number of para-hydroxylation sites is 1. The summed E-state index contributed by atoms with van der Waals surface area (Å²) < 4.78 is 4.86. The fourth-order valence-corrected chi connectivity index (χ4v) is 2.14. The van der Waals surface area contributed by atoms with Crippen molar-refractivity contribution in [3.05, 3.63) is 66.2 Å². The van der Waals surface area contributed by atoms with Crippen molar-refractivity contribution >= 4 is 16.9 Å². The van der Waals surface area contributed by atoms with Crippen LogP contribution in [0.5, 0.6) is 0 Å².